The molecule has 1 amide bonds. The topological polar surface area (TPSA) is 41.1 Å². The summed E-state index contributed by atoms with van der Waals surface area (Å²) in [5.41, 5.74) is 0. The van der Waals surface area contributed by atoms with Gasteiger partial charge in [0.1, 0.15) is 0 Å². The number of carbonyl (C=O) groups excluding carboxylic acids is 1. The molecule has 2 N–H and O–H groups in total. The Balaban J connectivity index is 1.55. The van der Waals surface area contributed by atoms with Gasteiger partial charge in [0, 0.05) is 27.9 Å². The number of carbonyl (C=O) groups is 1. The first kappa shape index (κ1) is 17.8. The molecule has 0 aromatic heterocycles. The smallest absolute Gasteiger partial charge is 0.223 e. The number of benzene rings is 1. The van der Waals surface area contributed by atoms with E-state index >= 15 is 0 Å². The third-order valence-electron chi connectivity index (χ3n) is 3.96. The Labute approximate surface area is 146 Å². The molecule has 1 fully saturated rings. The van der Waals surface area contributed by atoms with Crippen molar-refractivity contribution in [2.45, 2.75) is 43.5 Å². The predicted molar refractivity (Wildman–Crippen MR) is 97.3 cm³/mol. The highest BCUT2D eigenvalue weighted by molar-refractivity contribution is 9.10. The van der Waals surface area contributed by atoms with Gasteiger partial charge in [-0.1, -0.05) is 12.1 Å². The van der Waals surface area contributed by atoms with E-state index < -0.39 is 0 Å². The lowest BCUT2D eigenvalue weighted by molar-refractivity contribution is -0.126. The van der Waals surface area contributed by atoms with E-state index in [1.807, 2.05) is 17.8 Å². The molecule has 3 nitrogen and oxygen atoms in total. The molecule has 0 saturated carbocycles. The van der Waals surface area contributed by atoms with Crippen LogP contribution in [-0.4, -0.2) is 30.8 Å². The van der Waals surface area contributed by atoms with E-state index in [9.17, 15) is 4.79 Å². The fourth-order valence-electron chi connectivity index (χ4n) is 2.70. The van der Waals surface area contributed by atoms with Crippen molar-refractivity contribution in [1.29, 1.82) is 0 Å². The van der Waals surface area contributed by atoms with Gasteiger partial charge in [0.2, 0.25) is 5.91 Å². The van der Waals surface area contributed by atoms with Crippen molar-refractivity contribution >= 4 is 33.6 Å². The molecule has 1 aliphatic heterocycles. The van der Waals surface area contributed by atoms with Crippen LogP contribution < -0.4 is 10.6 Å². The molecule has 2 atom stereocenters. The maximum atomic E-state index is 12.1. The van der Waals surface area contributed by atoms with E-state index in [4.69, 9.17) is 0 Å². The van der Waals surface area contributed by atoms with Crippen LogP contribution in [0.25, 0.3) is 0 Å². The molecule has 2 rings (SSSR count). The summed E-state index contributed by atoms with van der Waals surface area (Å²) >= 11 is 5.43. The fraction of sp³-hybridized carbons (Fsp3) is 0.588. The lowest BCUT2D eigenvalue weighted by Crippen LogP contribution is -2.42. The van der Waals surface area contributed by atoms with E-state index in [1.165, 1.54) is 4.90 Å². The Kier molecular flexibility index (Phi) is 7.76. The van der Waals surface area contributed by atoms with Gasteiger partial charge in [0.05, 0.1) is 0 Å². The highest BCUT2D eigenvalue weighted by Crippen LogP contribution is 2.27. The maximum absolute atomic E-state index is 12.1. The van der Waals surface area contributed by atoms with E-state index in [1.54, 1.807) is 0 Å². The molecular weight excluding hydrogens is 360 g/mol. The number of amides is 1. The molecule has 1 aromatic carbocycles. The molecular formula is C17H25BrN2OS. The van der Waals surface area contributed by atoms with Gasteiger partial charge in [-0.25, -0.2) is 0 Å². The van der Waals surface area contributed by atoms with E-state index in [2.05, 4.69) is 51.7 Å². The minimum absolute atomic E-state index is 0.200. The summed E-state index contributed by atoms with van der Waals surface area (Å²) in [6, 6.07) is 8.76. The highest BCUT2D eigenvalue weighted by atomic mass is 79.9. The second kappa shape index (κ2) is 9.58. The van der Waals surface area contributed by atoms with Gasteiger partial charge in [-0.3, -0.25) is 4.79 Å². The summed E-state index contributed by atoms with van der Waals surface area (Å²) in [4.78, 5) is 13.4. The third-order valence-corrected chi connectivity index (χ3v) is 6.07. The molecule has 0 radical (unpaired) electrons. The lowest BCUT2D eigenvalue weighted by Gasteiger charge is -2.27. The van der Waals surface area contributed by atoms with Crippen LogP contribution in [0.15, 0.2) is 33.6 Å². The van der Waals surface area contributed by atoms with Crippen molar-refractivity contribution in [2.75, 3.05) is 18.8 Å². The highest BCUT2D eigenvalue weighted by Gasteiger charge is 2.24. The number of unbranched alkanes of at least 4 members (excludes halogenated alkanes) is 1. The quantitative estimate of drug-likeness (QED) is 0.554. The molecule has 1 saturated heterocycles. The number of nitrogens with one attached hydrogen (secondary N) is 2. The molecule has 1 aromatic rings. The number of rotatable bonds is 7. The maximum Gasteiger partial charge on any atom is 0.223 e. The Bertz CT molecular complexity index is 483. The van der Waals surface area contributed by atoms with Crippen LogP contribution in [0.5, 0.6) is 0 Å². The first-order chi connectivity index (χ1) is 10.7. The zero-order valence-corrected chi connectivity index (χ0v) is 15.5. The largest absolute Gasteiger partial charge is 0.356 e. The fourth-order valence-corrected chi connectivity index (χ4v) is 4.27. The summed E-state index contributed by atoms with van der Waals surface area (Å²) in [5.74, 6) is 1.53. The van der Waals surface area contributed by atoms with Crippen LogP contribution in [0, 0.1) is 5.92 Å². The Morgan fingerprint density at radius 2 is 2.23 bits per heavy atom. The first-order valence-corrected chi connectivity index (χ1v) is 9.83. The monoisotopic (exact) mass is 384 g/mol. The summed E-state index contributed by atoms with van der Waals surface area (Å²) in [6.07, 6.45) is 4.09. The summed E-state index contributed by atoms with van der Waals surface area (Å²) in [6.45, 7) is 3.91. The van der Waals surface area contributed by atoms with Crippen LogP contribution in [0.1, 0.15) is 32.6 Å². The summed E-state index contributed by atoms with van der Waals surface area (Å²) < 4.78 is 1.16. The second-order valence-corrected chi connectivity index (χ2v) is 7.84. The molecule has 0 aliphatic carbocycles. The number of halogens is 1. The average Bonchev–Trinajstić information content (AvgIpc) is 2.52. The first-order valence-electron chi connectivity index (χ1n) is 8.05. The molecule has 22 heavy (non-hydrogen) atoms. The lowest BCUT2D eigenvalue weighted by atomic mass is 9.92. The third kappa shape index (κ3) is 5.94. The normalized spacial score (nSPS) is 21.5. The second-order valence-electron chi connectivity index (χ2n) is 5.85. The number of hydrogen-bond acceptors (Lipinski definition) is 3. The SMILES string of the molecule is C[C@H]1C[C@@H](C(=O)NCCCCSc2ccccc2Br)CCN1. The van der Waals surface area contributed by atoms with Crippen LogP contribution >= 0.6 is 27.7 Å². The van der Waals surface area contributed by atoms with Gasteiger partial charge in [-0.2, -0.15) is 0 Å². The van der Waals surface area contributed by atoms with Crippen LogP contribution in [0.2, 0.25) is 0 Å². The van der Waals surface area contributed by atoms with Gasteiger partial charge in [0.25, 0.3) is 0 Å². The van der Waals surface area contributed by atoms with Gasteiger partial charge in [-0.15, -0.1) is 11.8 Å². The van der Waals surface area contributed by atoms with Crippen molar-refractivity contribution < 1.29 is 4.79 Å². The molecule has 0 bridgehead atoms. The molecule has 0 unspecified atom stereocenters. The number of piperidine rings is 1. The standard InChI is InChI=1S/C17H25BrN2OS/c1-13-12-14(8-10-19-13)17(21)20-9-4-5-11-22-16-7-3-2-6-15(16)18/h2-3,6-7,13-14,19H,4-5,8-12H2,1H3,(H,20,21)/t13-,14-/m0/s1. The van der Waals surface area contributed by atoms with E-state index in [0.717, 1.165) is 49.0 Å². The minimum atomic E-state index is 0.200. The molecule has 0 spiro atoms. The van der Waals surface area contributed by atoms with Crippen LogP contribution in [0.3, 0.4) is 0 Å². The minimum Gasteiger partial charge on any atom is -0.356 e. The van der Waals surface area contributed by atoms with E-state index in [0.29, 0.717) is 6.04 Å². The Morgan fingerprint density at radius 3 is 3.00 bits per heavy atom. The van der Waals surface area contributed by atoms with Crippen molar-refractivity contribution in [3.8, 4) is 0 Å². The van der Waals surface area contributed by atoms with Gasteiger partial charge < -0.3 is 10.6 Å². The zero-order valence-electron chi connectivity index (χ0n) is 13.1. The van der Waals surface area contributed by atoms with Crippen LogP contribution in [-0.2, 0) is 4.79 Å². The summed E-state index contributed by atoms with van der Waals surface area (Å²) in [5, 5.41) is 6.48. The van der Waals surface area contributed by atoms with Crippen molar-refractivity contribution in [3.05, 3.63) is 28.7 Å². The zero-order chi connectivity index (χ0) is 15.8. The molecule has 122 valence electrons. The van der Waals surface area contributed by atoms with Crippen molar-refractivity contribution in [1.82, 2.24) is 10.6 Å². The van der Waals surface area contributed by atoms with Gasteiger partial charge in [0.15, 0.2) is 0 Å². The average molecular weight is 385 g/mol. The molecule has 5 heteroatoms. The number of thioether (sulfide) groups is 1. The molecule has 1 heterocycles. The summed E-state index contributed by atoms with van der Waals surface area (Å²) in [7, 11) is 0. The molecule has 1 aliphatic rings. The van der Waals surface area contributed by atoms with E-state index in [-0.39, 0.29) is 11.8 Å². The predicted octanol–water partition coefficient (Wildman–Crippen LogP) is 3.83. The van der Waals surface area contributed by atoms with Crippen molar-refractivity contribution in [3.63, 3.8) is 0 Å². The van der Waals surface area contributed by atoms with Gasteiger partial charge in [-0.05, 0) is 73.0 Å². The van der Waals surface area contributed by atoms with Crippen molar-refractivity contribution in [2.24, 2.45) is 5.92 Å². The number of hydrogen-bond donors (Lipinski definition) is 2. The Morgan fingerprint density at radius 1 is 1.41 bits per heavy atom. The van der Waals surface area contributed by atoms with Gasteiger partial charge >= 0.3 is 0 Å². The Hall–Kier alpha value is -0.520. The van der Waals surface area contributed by atoms with Crippen LogP contribution in [0.4, 0.5) is 0 Å².